The van der Waals surface area contributed by atoms with Crippen LogP contribution in [0.3, 0.4) is 0 Å². The molecule has 0 atom stereocenters. The van der Waals surface area contributed by atoms with Crippen molar-refractivity contribution in [2.45, 2.75) is 52.5 Å². The molecule has 0 aliphatic carbocycles. The van der Waals surface area contributed by atoms with Gasteiger partial charge in [-0.25, -0.2) is 0 Å². The smallest absolute Gasteiger partial charge is 0.254 e. The van der Waals surface area contributed by atoms with Gasteiger partial charge in [0.25, 0.3) is 5.91 Å². The van der Waals surface area contributed by atoms with Crippen molar-refractivity contribution in [3.63, 3.8) is 0 Å². The number of hydrogen-bond donors (Lipinski definition) is 0. The second kappa shape index (κ2) is 8.31. The predicted octanol–water partition coefficient (Wildman–Crippen LogP) is 4.71. The third kappa shape index (κ3) is 4.52. The molecule has 0 aliphatic heterocycles. The van der Waals surface area contributed by atoms with Crippen LogP contribution in [0.1, 0.15) is 56.5 Å². The highest BCUT2D eigenvalue weighted by molar-refractivity contribution is 6.17. The van der Waals surface area contributed by atoms with E-state index >= 15 is 0 Å². The van der Waals surface area contributed by atoms with Gasteiger partial charge in [-0.3, -0.25) is 4.79 Å². The van der Waals surface area contributed by atoms with Crippen LogP contribution in [-0.2, 0) is 5.88 Å². The Hall–Kier alpha value is -1.02. The lowest BCUT2D eigenvalue weighted by Gasteiger charge is -2.32. The average Bonchev–Trinajstić information content (AvgIpc) is 2.46. The van der Waals surface area contributed by atoms with Crippen molar-refractivity contribution >= 4 is 17.5 Å². The van der Waals surface area contributed by atoms with Crippen molar-refractivity contribution in [1.29, 1.82) is 0 Å². The zero-order valence-electron chi connectivity index (χ0n) is 13.0. The molecule has 1 aromatic rings. The quantitative estimate of drug-likeness (QED) is 0.667. The van der Waals surface area contributed by atoms with E-state index in [0.29, 0.717) is 17.8 Å². The van der Waals surface area contributed by atoms with Crippen molar-refractivity contribution in [1.82, 2.24) is 4.90 Å². The molecule has 0 unspecified atom stereocenters. The van der Waals surface area contributed by atoms with Crippen LogP contribution in [0.5, 0.6) is 0 Å². The first kappa shape index (κ1) is 17.0. The highest BCUT2D eigenvalue weighted by Crippen LogP contribution is 2.17. The normalized spacial score (nSPS) is 11.2. The summed E-state index contributed by atoms with van der Waals surface area (Å²) in [6.45, 7) is 9.40. The summed E-state index contributed by atoms with van der Waals surface area (Å²) in [6.07, 6.45) is 1.99. The summed E-state index contributed by atoms with van der Waals surface area (Å²) in [6, 6.07) is 7.95. The molecule has 1 rings (SSSR count). The fourth-order valence-corrected chi connectivity index (χ4v) is 2.60. The zero-order chi connectivity index (χ0) is 15.1. The number of amides is 1. The Morgan fingerprint density at radius 3 is 2.10 bits per heavy atom. The molecule has 1 amide bonds. The van der Waals surface area contributed by atoms with Crippen molar-refractivity contribution < 1.29 is 4.79 Å². The number of carbonyl (C=O) groups excluding carboxylic acids is 1. The molecule has 2 nitrogen and oxygen atoms in total. The van der Waals surface area contributed by atoms with Gasteiger partial charge >= 0.3 is 0 Å². The van der Waals surface area contributed by atoms with Crippen LogP contribution in [0.2, 0.25) is 0 Å². The number of benzene rings is 1. The number of alkyl halides is 1. The minimum Gasteiger partial charge on any atom is -0.335 e. The molecule has 0 heterocycles. The summed E-state index contributed by atoms with van der Waals surface area (Å²) in [5.74, 6) is 1.09. The SMILES string of the molecule is CCC(CC)N(CC(C)C)C(=O)c1ccc(CCl)cc1. The molecule has 20 heavy (non-hydrogen) atoms. The third-order valence-corrected chi connectivity index (χ3v) is 3.87. The molecule has 0 aromatic heterocycles. The Morgan fingerprint density at radius 2 is 1.70 bits per heavy atom. The average molecular weight is 296 g/mol. The van der Waals surface area contributed by atoms with Crippen molar-refractivity contribution in [3.8, 4) is 0 Å². The van der Waals surface area contributed by atoms with Crippen LogP contribution in [0, 0.1) is 5.92 Å². The molecule has 0 aliphatic rings. The third-order valence-electron chi connectivity index (χ3n) is 3.56. The van der Waals surface area contributed by atoms with Crippen LogP contribution in [0.15, 0.2) is 24.3 Å². The van der Waals surface area contributed by atoms with E-state index in [-0.39, 0.29) is 5.91 Å². The van der Waals surface area contributed by atoms with E-state index in [4.69, 9.17) is 11.6 Å². The first-order valence-corrected chi connectivity index (χ1v) is 8.02. The monoisotopic (exact) mass is 295 g/mol. The summed E-state index contributed by atoms with van der Waals surface area (Å²) in [5.41, 5.74) is 1.80. The second-order valence-corrected chi connectivity index (χ2v) is 5.92. The maximum Gasteiger partial charge on any atom is 0.254 e. The lowest BCUT2D eigenvalue weighted by atomic mass is 10.0. The van der Waals surface area contributed by atoms with Gasteiger partial charge in [0, 0.05) is 24.0 Å². The Balaban J connectivity index is 2.95. The van der Waals surface area contributed by atoms with Gasteiger partial charge in [0.1, 0.15) is 0 Å². The number of hydrogen-bond acceptors (Lipinski definition) is 1. The van der Waals surface area contributed by atoms with Gasteiger partial charge in [0.15, 0.2) is 0 Å². The van der Waals surface area contributed by atoms with Crippen molar-refractivity contribution in [3.05, 3.63) is 35.4 Å². The second-order valence-electron chi connectivity index (χ2n) is 5.65. The van der Waals surface area contributed by atoms with Crippen molar-refractivity contribution in [2.24, 2.45) is 5.92 Å². The molecular formula is C17H26ClNO. The molecule has 0 bridgehead atoms. The number of rotatable bonds is 7. The van der Waals surface area contributed by atoms with Crippen LogP contribution in [-0.4, -0.2) is 23.4 Å². The summed E-state index contributed by atoms with van der Waals surface area (Å²) in [4.78, 5) is 14.8. The fourth-order valence-electron chi connectivity index (χ4n) is 2.42. The summed E-state index contributed by atoms with van der Waals surface area (Å²) >= 11 is 5.79. The summed E-state index contributed by atoms with van der Waals surface area (Å²) in [5, 5.41) is 0. The van der Waals surface area contributed by atoms with Crippen molar-refractivity contribution in [2.75, 3.05) is 6.54 Å². The Morgan fingerprint density at radius 1 is 1.15 bits per heavy atom. The zero-order valence-corrected chi connectivity index (χ0v) is 13.8. The van der Waals surface area contributed by atoms with Gasteiger partial charge in [-0.15, -0.1) is 11.6 Å². The summed E-state index contributed by atoms with van der Waals surface area (Å²) < 4.78 is 0. The minimum absolute atomic E-state index is 0.133. The van der Waals surface area contributed by atoms with Gasteiger partial charge in [0.05, 0.1) is 0 Å². The number of halogens is 1. The first-order valence-electron chi connectivity index (χ1n) is 7.49. The molecule has 0 saturated carbocycles. The highest BCUT2D eigenvalue weighted by atomic mass is 35.5. The van der Waals surface area contributed by atoms with E-state index in [1.165, 1.54) is 0 Å². The van der Waals surface area contributed by atoms with Crippen LogP contribution in [0.25, 0.3) is 0 Å². The first-order chi connectivity index (χ1) is 9.53. The maximum absolute atomic E-state index is 12.7. The molecule has 0 spiro atoms. The van der Waals surface area contributed by atoms with Gasteiger partial charge in [-0.1, -0.05) is 39.8 Å². The van der Waals surface area contributed by atoms with E-state index in [1.807, 2.05) is 29.2 Å². The molecule has 1 aromatic carbocycles. The molecule has 0 radical (unpaired) electrons. The number of carbonyl (C=O) groups is 1. The Bertz CT molecular complexity index is 410. The van der Waals surface area contributed by atoms with E-state index in [1.54, 1.807) is 0 Å². The Labute approximate surface area is 128 Å². The van der Waals surface area contributed by atoms with Gasteiger partial charge in [-0.05, 0) is 36.5 Å². The Kier molecular flexibility index (Phi) is 7.08. The largest absolute Gasteiger partial charge is 0.335 e. The van der Waals surface area contributed by atoms with Gasteiger partial charge in [0.2, 0.25) is 0 Å². The number of nitrogens with zero attached hydrogens (tertiary/aromatic N) is 1. The molecule has 3 heteroatoms. The minimum atomic E-state index is 0.133. The van der Waals surface area contributed by atoms with Crippen LogP contribution >= 0.6 is 11.6 Å². The lowest BCUT2D eigenvalue weighted by Crippen LogP contribution is -2.42. The molecule has 112 valence electrons. The topological polar surface area (TPSA) is 20.3 Å². The maximum atomic E-state index is 12.7. The van der Waals surface area contributed by atoms with E-state index in [2.05, 4.69) is 27.7 Å². The highest BCUT2D eigenvalue weighted by Gasteiger charge is 2.22. The van der Waals surface area contributed by atoms with Gasteiger partial charge < -0.3 is 4.90 Å². The van der Waals surface area contributed by atoms with Crippen LogP contribution < -0.4 is 0 Å². The predicted molar refractivity (Wildman–Crippen MR) is 86.2 cm³/mol. The van der Waals surface area contributed by atoms with Crippen LogP contribution in [0.4, 0.5) is 0 Å². The van der Waals surface area contributed by atoms with Gasteiger partial charge in [-0.2, -0.15) is 0 Å². The summed E-state index contributed by atoms with van der Waals surface area (Å²) in [7, 11) is 0. The lowest BCUT2D eigenvalue weighted by molar-refractivity contribution is 0.0640. The van der Waals surface area contributed by atoms with E-state index in [0.717, 1.165) is 30.5 Å². The molecular weight excluding hydrogens is 270 g/mol. The molecule has 0 fully saturated rings. The fraction of sp³-hybridized carbons (Fsp3) is 0.588. The molecule has 0 N–H and O–H groups in total. The van der Waals surface area contributed by atoms with E-state index in [9.17, 15) is 4.79 Å². The van der Waals surface area contributed by atoms with E-state index < -0.39 is 0 Å². The molecule has 0 saturated heterocycles. The standard InChI is InChI=1S/C17H26ClNO/c1-5-16(6-2)19(12-13(3)4)17(20)15-9-7-14(11-18)8-10-15/h7-10,13,16H,5-6,11-12H2,1-4H3.